The summed E-state index contributed by atoms with van der Waals surface area (Å²) in [5.41, 5.74) is 0.134. The molecule has 7 nitrogen and oxygen atoms in total. The maximum atomic E-state index is 13.9. The minimum Gasteiger partial charge on any atom is -0.375 e. The van der Waals surface area contributed by atoms with Crippen molar-refractivity contribution in [1.29, 1.82) is 0 Å². The normalized spacial score (nSPS) is 27.1. The van der Waals surface area contributed by atoms with E-state index in [0.29, 0.717) is 49.1 Å². The summed E-state index contributed by atoms with van der Waals surface area (Å²) in [5.74, 6) is 0.693. The second-order valence-electron chi connectivity index (χ2n) is 12.2. The lowest BCUT2D eigenvalue weighted by Crippen LogP contribution is -2.59. The van der Waals surface area contributed by atoms with Crippen molar-refractivity contribution in [2.75, 3.05) is 19.6 Å². The highest BCUT2D eigenvalue weighted by Crippen LogP contribution is 2.46. The number of piperidine rings is 2. The second-order valence-corrected chi connectivity index (χ2v) is 14.9. The number of carbonyl (C=O) groups is 1. The molecule has 9 heteroatoms. The molecule has 2 saturated carbocycles. The van der Waals surface area contributed by atoms with Gasteiger partial charge in [0.15, 0.2) is 5.60 Å². The van der Waals surface area contributed by atoms with E-state index in [1.807, 2.05) is 24.3 Å². The highest BCUT2D eigenvalue weighted by molar-refractivity contribution is 9.10. The number of halogens is 1. The van der Waals surface area contributed by atoms with Gasteiger partial charge in [-0.25, -0.2) is 13.1 Å². The first-order valence-corrected chi connectivity index (χ1v) is 17.1. The van der Waals surface area contributed by atoms with E-state index in [0.717, 1.165) is 24.1 Å². The van der Waals surface area contributed by atoms with Gasteiger partial charge in [0.05, 0.1) is 4.90 Å². The summed E-state index contributed by atoms with van der Waals surface area (Å²) in [6.45, 7) is 3.55. The quantitative estimate of drug-likeness (QED) is 0.296. The molecular weight excluding hydrogens is 614 g/mol. The Morgan fingerprint density at radius 3 is 2.21 bits per heavy atom. The number of amides is 1. The van der Waals surface area contributed by atoms with Crippen molar-refractivity contribution in [1.82, 2.24) is 14.9 Å². The summed E-state index contributed by atoms with van der Waals surface area (Å²) in [6, 6.07) is 25.8. The molecule has 222 valence electrons. The van der Waals surface area contributed by atoms with E-state index in [1.165, 1.54) is 12.0 Å². The van der Waals surface area contributed by atoms with Crippen LogP contribution in [0.2, 0.25) is 0 Å². The fourth-order valence-electron chi connectivity index (χ4n) is 7.35. The molecular formula is C33H38BrN3O4S. The molecule has 0 spiro atoms. The van der Waals surface area contributed by atoms with Crippen LogP contribution in [0.15, 0.2) is 94.3 Å². The smallest absolute Gasteiger partial charge is 0.256 e. The number of aliphatic hydroxyl groups is 1. The molecule has 0 aromatic heterocycles. The van der Waals surface area contributed by atoms with Gasteiger partial charge in [-0.2, -0.15) is 0 Å². The van der Waals surface area contributed by atoms with Gasteiger partial charge in [-0.05, 0) is 78.8 Å². The van der Waals surface area contributed by atoms with E-state index >= 15 is 0 Å². The van der Waals surface area contributed by atoms with Gasteiger partial charge in [-0.3, -0.25) is 9.69 Å². The van der Waals surface area contributed by atoms with Gasteiger partial charge in [-0.1, -0.05) is 76.6 Å². The van der Waals surface area contributed by atoms with Crippen LogP contribution in [0.5, 0.6) is 0 Å². The van der Waals surface area contributed by atoms with Crippen molar-refractivity contribution >= 4 is 31.9 Å². The fourth-order valence-corrected chi connectivity index (χ4v) is 8.90. The zero-order valence-corrected chi connectivity index (χ0v) is 25.9. The van der Waals surface area contributed by atoms with E-state index < -0.39 is 21.5 Å². The minimum atomic E-state index is -3.72. The summed E-state index contributed by atoms with van der Waals surface area (Å²) in [5, 5.41) is 15.3. The zero-order chi connectivity index (χ0) is 29.3. The molecule has 7 rings (SSSR count). The van der Waals surface area contributed by atoms with Gasteiger partial charge in [-0.15, -0.1) is 0 Å². The summed E-state index contributed by atoms with van der Waals surface area (Å²) < 4.78 is 29.7. The number of hydrogen-bond donors (Lipinski definition) is 3. The number of benzene rings is 3. The average Bonchev–Trinajstić information content (AvgIpc) is 3.46. The van der Waals surface area contributed by atoms with Gasteiger partial charge >= 0.3 is 0 Å². The highest BCUT2D eigenvalue weighted by Gasteiger charge is 2.50. The van der Waals surface area contributed by atoms with E-state index in [-0.39, 0.29) is 16.8 Å². The van der Waals surface area contributed by atoms with E-state index in [9.17, 15) is 18.3 Å². The maximum absolute atomic E-state index is 13.9. The predicted octanol–water partition coefficient (Wildman–Crippen LogP) is 4.67. The summed E-state index contributed by atoms with van der Waals surface area (Å²) in [4.78, 5) is 16.6. The van der Waals surface area contributed by atoms with Crippen LogP contribution in [0.25, 0.3) is 0 Å². The molecule has 4 fully saturated rings. The third-order valence-corrected chi connectivity index (χ3v) is 11.6. The monoisotopic (exact) mass is 651 g/mol. The van der Waals surface area contributed by atoms with Crippen LogP contribution in [0.1, 0.15) is 36.8 Å². The van der Waals surface area contributed by atoms with Crippen molar-refractivity contribution in [3.63, 3.8) is 0 Å². The van der Waals surface area contributed by atoms with Crippen LogP contribution in [-0.2, 0) is 27.0 Å². The molecule has 42 heavy (non-hydrogen) atoms. The number of nitrogens with zero attached hydrogens (tertiary/aromatic N) is 1. The van der Waals surface area contributed by atoms with Gasteiger partial charge in [0.25, 0.3) is 5.91 Å². The second kappa shape index (κ2) is 12.2. The molecule has 3 aromatic rings. The number of nitrogens with one attached hydrogen (secondary N) is 2. The first-order valence-electron chi connectivity index (χ1n) is 14.8. The number of carbonyl (C=O) groups excluding carboxylic acids is 1. The molecule has 2 heterocycles. The third kappa shape index (κ3) is 6.08. The third-order valence-electron chi connectivity index (χ3n) is 9.58. The molecule has 0 radical (unpaired) electrons. The lowest BCUT2D eigenvalue weighted by atomic mass is 9.61. The fraction of sp³-hybridized carbons (Fsp3) is 0.424. The molecule has 2 aliphatic heterocycles. The van der Waals surface area contributed by atoms with E-state index in [1.54, 1.807) is 36.4 Å². The largest absolute Gasteiger partial charge is 0.375 e. The van der Waals surface area contributed by atoms with Gasteiger partial charge in [0, 0.05) is 42.6 Å². The van der Waals surface area contributed by atoms with Crippen molar-refractivity contribution in [3.8, 4) is 0 Å². The molecule has 3 unspecified atom stereocenters. The Morgan fingerprint density at radius 2 is 1.55 bits per heavy atom. The Hall–Kier alpha value is -2.56. The Morgan fingerprint density at radius 1 is 0.905 bits per heavy atom. The first kappa shape index (κ1) is 29.5. The van der Waals surface area contributed by atoms with Crippen LogP contribution >= 0.6 is 15.9 Å². The summed E-state index contributed by atoms with van der Waals surface area (Å²) in [6.07, 6.45) is 2.65. The number of hydrogen-bond acceptors (Lipinski definition) is 5. The van der Waals surface area contributed by atoms with Crippen molar-refractivity contribution in [3.05, 3.63) is 101 Å². The molecule has 3 N–H and O–H groups in total. The topological polar surface area (TPSA) is 98.7 Å². The lowest BCUT2D eigenvalue weighted by molar-refractivity contribution is -0.148. The Bertz CT molecular complexity index is 1480. The Balaban J connectivity index is 1.10. The van der Waals surface area contributed by atoms with Crippen LogP contribution in [0.3, 0.4) is 0 Å². The Labute approximate surface area is 256 Å². The number of sulfonamides is 1. The van der Waals surface area contributed by atoms with Crippen LogP contribution in [0.4, 0.5) is 0 Å². The van der Waals surface area contributed by atoms with Gasteiger partial charge in [0.2, 0.25) is 10.0 Å². The minimum absolute atomic E-state index is 0.193. The van der Waals surface area contributed by atoms with Gasteiger partial charge < -0.3 is 10.4 Å². The maximum Gasteiger partial charge on any atom is 0.256 e. The molecule has 5 atom stereocenters. The average molecular weight is 653 g/mol. The van der Waals surface area contributed by atoms with E-state index in [4.69, 9.17) is 0 Å². The van der Waals surface area contributed by atoms with Crippen molar-refractivity contribution in [2.24, 2.45) is 23.7 Å². The molecule has 2 saturated heterocycles. The summed E-state index contributed by atoms with van der Waals surface area (Å²) in [7, 11) is -3.72. The molecule has 3 aromatic carbocycles. The SMILES string of the molecule is O=C(NCC1[C@H]2C[C@H]1CN(Cc1ccccc1)C2)C(O)(c1ccccc1)C1CCC(NS(=O)(=O)c2ccc(Br)cc2)C1. The predicted molar refractivity (Wildman–Crippen MR) is 166 cm³/mol. The zero-order valence-electron chi connectivity index (χ0n) is 23.5. The van der Waals surface area contributed by atoms with Crippen molar-refractivity contribution in [2.45, 2.75) is 48.8 Å². The molecule has 2 bridgehead atoms. The lowest BCUT2D eigenvalue weighted by Gasteiger charge is -2.54. The molecule has 1 amide bonds. The molecule has 2 aliphatic carbocycles. The molecule has 4 aliphatic rings. The van der Waals surface area contributed by atoms with Crippen LogP contribution in [-0.4, -0.2) is 50.0 Å². The van der Waals surface area contributed by atoms with Crippen LogP contribution < -0.4 is 10.0 Å². The van der Waals surface area contributed by atoms with Gasteiger partial charge in [0.1, 0.15) is 0 Å². The van der Waals surface area contributed by atoms with Crippen LogP contribution in [0, 0.1) is 23.7 Å². The standard InChI is InChI=1S/C33H38BrN3O4S/c34-28-12-15-30(16-13-28)42(40,41)36-29-14-11-27(18-29)33(39,26-9-5-2-6-10-26)32(38)35-19-31-24-17-25(31)22-37(21-24)20-23-7-3-1-4-8-23/h1-10,12-13,15-16,24-25,27,29,31,36,39H,11,14,17-22H2,(H,35,38)/t24-,25-,27?,29?,33?/m0/s1. The van der Waals surface area contributed by atoms with E-state index in [2.05, 4.69) is 55.1 Å². The van der Waals surface area contributed by atoms with Crippen molar-refractivity contribution < 1.29 is 18.3 Å². The Kier molecular flexibility index (Phi) is 8.58. The first-order chi connectivity index (χ1) is 20.2. The number of rotatable bonds is 10. The number of fused-ring (bicyclic) bond motifs is 2. The highest BCUT2D eigenvalue weighted by atomic mass is 79.9. The summed E-state index contributed by atoms with van der Waals surface area (Å²) >= 11 is 3.34.